The first kappa shape index (κ1) is 18.6. The summed E-state index contributed by atoms with van der Waals surface area (Å²) in [6, 6.07) is 5.08. The van der Waals surface area contributed by atoms with Gasteiger partial charge < -0.3 is 10.4 Å². The monoisotopic (exact) mass is 380 g/mol. The van der Waals surface area contributed by atoms with Crippen molar-refractivity contribution in [2.75, 3.05) is 5.32 Å². The molecule has 3 heterocycles. The van der Waals surface area contributed by atoms with Crippen molar-refractivity contribution >= 4 is 51.7 Å². The Balaban J connectivity index is 0.00000225. The fourth-order valence-corrected chi connectivity index (χ4v) is 3.23. The number of aromatic carboxylic acids is 1. The number of hydrogen-bond donors (Lipinski definition) is 2. The molecule has 0 radical (unpaired) electrons. The molecule has 0 spiro atoms. The van der Waals surface area contributed by atoms with E-state index in [-0.39, 0.29) is 29.2 Å². The lowest BCUT2D eigenvalue weighted by Crippen LogP contribution is -2.28. The zero-order valence-electron chi connectivity index (χ0n) is 12.9. The summed E-state index contributed by atoms with van der Waals surface area (Å²) in [5, 5.41) is 11.9. The van der Waals surface area contributed by atoms with Crippen LogP contribution in [0.3, 0.4) is 0 Å². The highest BCUT2D eigenvalue weighted by Gasteiger charge is 2.19. The van der Waals surface area contributed by atoms with Crippen LogP contribution in [-0.2, 0) is 11.3 Å². The maximum atomic E-state index is 12.5. The molecule has 0 aromatic carbocycles. The van der Waals surface area contributed by atoms with Crippen LogP contribution in [0.4, 0.5) is 5.82 Å². The number of fused-ring (bicyclic) bond motifs is 1. The summed E-state index contributed by atoms with van der Waals surface area (Å²) in [5.74, 6) is -1.15. The number of rotatable bonds is 4. The van der Waals surface area contributed by atoms with E-state index in [2.05, 4.69) is 15.3 Å². The van der Waals surface area contributed by atoms with E-state index in [4.69, 9.17) is 5.11 Å². The smallest absolute Gasteiger partial charge is 0.346 e. The van der Waals surface area contributed by atoms with Crippen LogP contribution in [0.15, 0.2) is 35.5 Å². The highest BCUT2D eigenvalue weighted by atomic mass is 35.5. The molecule has 0 saturated heterocycles. The van der Waals surface area contributed by atoms with Gasteiger partial charge >= 0.3 is 5.97 Å². The Labute approximate surface area is 151 Å². The van der Waals surface area contributed by atoms with Crippen molar-refractivity contribution in [2.24, 2.45) is 0 Å². The molecule has 0 aliphatic heterocycles. The van der Waals surface area contributed by atoms with E-state index >= 15 is 0 Å². The number of aromatic nitrogens is 3. The third-order valence-corrected chi connectivity index (χ3v) is 4.55. The number of carbonyl (C=O) groups is 2. The maximum Gasteiger partial charge on any atom is 0.346 e. The van der Waals surface area contributed by atoms with Crippen LogP contribution in [-0.4, -0.2) is 31.5 Å². The summed E-state index contributed by atoms with van der Waals surface area (Å²) in [6.07, 6.45) is 2.78. The first-order valence-electron chi connectivity index (χ1n) is 6.90. The van der Waals surface area contributed by atoms with Crippen LogP contribution in [0.5, 0.6) is 0 Å². The van der Waals surface area contributed by atoms with E-state index in [1.165, 1.54) is 12.5 Å². The molecule has 8 nitrogen and oxygen atoms in total. The molecular formula is C15H13ClN4O4S. The number of pyridine rings is 1. The van der Waals surface area contributed by atoms with E-state index in [0.717, 1.165) is 15.9 Å². The molecule has 3 aromatic rings. The topological polar surface area (TPSA) is 114 Å². The molecule has 130 valence electrons. The lowest BCUT2D eigenvalue weighted by molar-refractivity contribution is -0.116. The van der Waals surface area contributed by atoms with Gasteiger partial charge in [-0.25, -0.2) is 14.8 Å². The molecule has 0 aliphatic carbocycles. The molecule has 0 atom stereocenters. The number of halogens is 1. The summed E-state index contributed by atoms with van der Waals surface area (Å²) in [5.41, 5.74) is -0.0862. The van der Waals surface area contributed by atoms with E-state index in [0.29, 0.717) is 16.2 Å². The third-order valence-electron chi connectivity index (χ3n) is 3.36. The molecule has 1 amide bonds. The lowest BCUT2D eigenvalue weighted by atomic mass is 10.2. The number of nitrogens with zero attached hydrogens (tertiary/aromatic N) is 3. The Kier molecular flexibility index (Phi) is 5.50. The van der Waals surface area contributed by atoms with Gasteiger partial charge in [0.25, 0.3) is 5.56 Å². The van der Waals surface area contributed by atoms with Gasteiger partial charge in [-0.2, -0.15) is 0 Å². The molecule has 3 aromatic heterocycles. The van der Waals surface area contributed by atoms with Gasteiger partial charge in [0, 0.05) is 6.20 Å². The summed E-state index contributed by atoms with van der Waals surface area (Å²) in [4.78, 5) is 44.2. The number of carboxylic acids is 1. The number of amides is 1. The Hall–Kier alpha value is -2.78. The number of carboxylic acid groups (broad SMARTS) is 1. The van der Waals surface area contributed by atoms with Crippen LogP contribution < -0.4 is 10.9 Å². The standard InChI is InChI=1S/C15H12N4O4S.ClH/c1-8-11-13(24-12(8)15(22)23)17-7-19(14(11)21)6-10(20)18-9-4-2-3-5-16-9;/h2-5,7H,6H2,1H3,(H,22,23)(H,16,18,20);1H. The molecule has 0 unspecified atom stereocenters. The molecule has 0 bridgehead atoms. The Morgan fingerprint density at radius 1 is 1.32 bits per heavy atom. The van der Waals surface area contributed by atoms with Crippen LogP contribution in [0, 0.1) is 6.92 Å². The number of nitrogens with one attached hydrogen (secondary N) is 1. The van der Waals surface area contributed by atoms with Gasteiger partial charge in [0.2, 0.25) is 5.91 Å². The van der Waals surface area contributed by atoms with E-state index in [1.54, 1.807) is 25.1 Å². The molecule has 0 aliphatic rings. The second-order valence-electron chi connectivity index (χ2n) is 4.98. The predicted octanol–water partition coefficient (Wildman–Crippen LogP) is 1.92. The van der Waals surface area contributed by atoms with E-state index in [1.807, 2.05) is 0 Å². The van der Waals surface area contributed by atoms with Crippen molar-refractivity contribution in [3.05, 3.63) is 51.5 Å². The van der Waals surface area contributed by atoms with E-state index in [9.17, 15) is 14.4 Å². The van der Waals surface area contributed by atoms with Crippen molar-refractivity contribution in [1.82, 2.24) is 14.5 Å². The normalized spacial score (nSPS) is 10.3. The number of carbonyl (C=O) groups excluding carboxylic acids is 1. The molecular weight excluding hydrogens is 368 g/mol. The Morgan fingerprint density at radius 3 is 2.72 bits per heavy atom. The second-order valence-corrected chi connectivity index (χ2v) is 5.98. The molecule has 0 fully saturated rings. The largest absolute Gasteiger partial charge is 0.477 e. The minimum absolute atomic E-state index is 0. The highest BCUT2D eigenvalue weighted by molar-refractivity contribution is 7.20. The number of hydrogen-bond acceptors (Lipinski definition) is 6. The summed E-state index contributed by atoms with van der Waals surface area (Å²) >= 11 is 0.942. The van der Waals surface area contributed by atoms with Gasteiger partial charge in [0.05, 0.1) is 11.7 Å². The fraction of sp³-hybridized carbons (Fsp3) is 0.133. The first-order chi connectivity index (χ1) is 11.5. The highest BCUT2D eigenvalue weighted by Crippen LogP contribution is 2.26. The van der Waals surface area contributed by atoms with Crippen LogP contribution >= 0.6 is 23.7 Å². The summed E-state index contributed by atoms with van der Waals surface area (Å²) in [7, 11) is 0. The van der Waals surface area contributed by atoms with Crippen LogP contribution in [0.2, 0.25) is 0 Å². The van der Waals surface area contributed by atoms with Crippen LogP contribution in [0.25, 0.3) is 10.2 Å². The molecule has 10 heteroatoms. The SMILES string of the molecule is Cc1c(C(=O)O)sc2ncn(CC(=O)Nc3ccccn3)c(=O)c12.Cl. The van der Waals surface area contributed by atoms with Gasteiger partial charge in [-0.3, -0.25) is 14.2 Å². The fourth-order valence-electron chi connectivity index (χ4n) is 2.25. The van der Waals surface area contributed by atoms with Gasteiger partial charge in [0.15, 0.2) is 0 Å². The van der Waals surface area contributed by atoms with Crippen LogP contribution in [0.1, 0.15) is 15.2 Å². The van der Waals surface area contributed by atoms with Gasteiger partial charge in [0.1, 0.15) is 22.1 Å². The molecule has 3 rings (SSSR count). The van der Waals surface area contributed by atoms with Gasteiger partial charge in [-0.05, 0) is 24.6 Å². The van der Waals surface area contributed by atoms with Crippen molar-refractivity contribution in [2.45, 2.75) is 13.5 Å². The predicted molar refractivity (Wildman–Crippen MR) is 95.7 cm³/mol. The number of thiophene rings is 1. The minimum atomic E-state index is -1.10. The zero-order chi connectivity index (χ0) is 17.3. The van der Waals surface area contributed by atoms with Crippen molar-refractivity contribution in [3.8, 4) is 0 Å². The van der Waals surface area contributed by atoms with E-state index < -0.39 is 17.4 Å². The molecule has 0 saturated carbocycles. The Morgan fingerprint density at radius 2 is 2.08 bits per heavy atom. The summed E-state index contributed by atoms with van der Waals surface area (Å²) < 4.78 is 1.14. The quantitative estimate of drug-likeness (QED) is 0.714. The minimum Gasteiger partial charge on any atom is -0.477 e. The lowest BCUT2D eigenvalue weighted by Gasteiger charge is -2.06. The second kappa shape index (κ2) is 7.41. The number of aryl methyl sites for hydroxylation is 1. The number of anilines is 1. The van der Waals surface area contributed by atoms with Crippen molar-refractivity contribution in [3.63, 3.8) is 0 Å². The maximum absolute atomic E-state index is 12.5. The third kappa shape index (κ3) is 3.67. The van der Waals surface area contributed by atoms with Gasteiger partial charge in [-0.1, -0.05) is 6.07 Å². The first-order valence-corrected chi connectivity index (χ1v) is 7.71. The average molecular weight is 381 g/mol. The summed E-state index contributed by atoms with van der Waals surface area (Å²) in [6.45, 7) is 1.32. The van der Waals surface area contributed by atoms with Gasteiger partial charge in [-0.15, -0.1) is 23.7 Å². The molecule has 25 heavy (non-hydrogen) atoms. The molecule has 2 N–H and O–H groups in total. The zero-order valence-corrected chi connectivity index (χ0v) is 14.6. The average Bonchev–Trinajstić information content (AvgIpc) is 2.89. The van der Waals surface area contributed by atoms with Crippen molar-refractivity contribution in [1.29, 1.82) is 0 Å². The van der Waals surface area contributed by atoms with Crippen molar-refractivity contribution < 1.29 is 14.7 Å². The Bertz CT molecular complexity index is 1000.